The molecular formula is C12H26O4S2. The quantitative estimate of drug-likeness (QED) is 0.725. The van der Waals surface area contributed by atoms with Crippen molar-refractivity contribution < 1.29 is 16.8 Å². The minimum Gasteiger partial charge on any atom is -0.298 e. The van der Waals surface area contributed by atoms with Gasteiger partial charge in [0.1, 0.15) is 5.78 Å². The third-order valence-electron chi connectivity index (χ3n) is 2.35. The molecule has 6 heteroatoms. The predicted octanol–water partition coefficient (Wildman–Crippen LogP) is 2.73. The number of carbonyl (C=O) groups excluding carboxylic acids is 1. The molecule has 4 nitrogen and oxygen atoms in total. The van der Waals surface area contributed by atoms with E-state index in [-0.39, 0.29) is 17.3 Å². The second-order valence-corrected chi connectivity index (χ2v) is 11.2. The fourth-order valence-electron chi connectivity index (χ4n) is 1.19. The maximum absolute atomic E-state index is 11.9. The number of hydrogen-bond donors (Lipinski definition) is 0. The van der Waals surface area contributed by atoms with Crippen LogP contribution in [0.1, 0.15) is 40.5 Å². The molecular weight excluding hydrogens is 272 g/mol. The molecule has 0 amide bonds. The number of Topliss-reactive ketones (excluding diaryl/α,β-unsaturated/α-hetero) is 1. The number of unbranched alkanes of at least 4 members (excludes halogenated alkanes) is 1. The van der Waals surface area contributed by atoms with Crippen molar-refractivity contribution in [1.82, 2.24) is 0 Å². The van der Waals surface area contributed by atoms with E-state index in [1.54, 1.807) is 12.5 Å². The van der Waals surface area contributed by atoms with Crippen molar-refractivity contribution in [3.63, 3.8) is 0 Å². The van der Waals surface area contributed by atoms with E-state index in [4.69, 9.17) is 3.63 Å². The van der Waals surface area contributed by atoms with Gasteiger partial charge in [-0.1, -0.05) is 34.1 Å². The van der Waals surface area contributed by atoms with Crippen LogP contribution in [0.15, 0.2) is 0 Å². The SMILES string of the molecule is CCCCS(=O)(=O)OS(C)(C)CC(=O)C(C)(C)C. The summed E-state index contributed by atoms with van der Waals surface area (Å²) in [6.45, 7) is 7.42. The molecule has 0 aliphatic carbocycles. The molecule has 0 aromatic rings. The lowest BCUT2D eigenvalue weighted by atomic mass is 9.92. The summed E-state index contributed by atoms with van der Waals surface area (Å²) >= 11 is 0. The summed E-state index contributed by atoms with van der Waals surface area (Å²) in [5.74, 6) is 0.249. The van der Waals surface area contributed by atoms with Crippen LogP contribution in [0.2, 0.25) is 0 Å². The number of rotatable bonds is 7. The Morgan fingerprint density at radius 2 is 1.67 bits per heavy atom. The highest BCUT2D eigenvalue weighted by atomic mass is 32.3. The Kier molecular flexibility index (Phi) is 6.36. The van der Waals surface area contributed by atoms with E-state index >= 15 is 0 Å². The zero-order valence-electron chi connectivity index (χ0n) is 12.3. The van der Waals surface area contributed by atoms with E-state index in [2.05, 4.69) is 0 Å². The molecule has 0 bridgehead atoms. The van der Waals surface area contributed by atoms with E-state index in [0.29, 0.717) is 6.42 Å². The average Bonchev–Trinajstić information content (AvgIpc) is 2.10. The summed E-state index contributed by atoms with van der Waals surface area (Å²) in [7, 11) is -5.40. The van der Waals surface area contributed by atoms with Gasteiger partial charge in [-0.15, -0.1) is 10.3 Å². The number of hydrogen-bond acceptors (Lipinski definition) is 4. The highest BCUT2D eigenvalue weighted by Crippen LogP contribution is 2.44. The zero-order chi connectivity index (χ0) is 14.6. The second-order valence-electron chi connectivity index (χ2n) is 5.94. The van der Waals surface area contributed by atoms with Crippen LogP contribution < -0.4 is 0 Å². The average molecular weight is 298 g/mol. The minimum absolute atomic E-state index is 0.0314. The smallest absolute Gasteiger partial charge is 0.276 e. The van der Waals surface area contributed by atoms with Gasteiger partial charge in [0.15, 0.2) is 0 Å². The molecule has 0 atom stereocenters. The van der Waals surface area contributed by atoms with Gasteiger partial charge in [0.2, 0.25) is 0 Å². The Labute approximate surface area is 113 Å². The first-order valence-electron chi connectivity index (χ1n) is 6.08. The fourth-order valence-corrected chi connectivity index (χ4v) is 5.61. The summed E-state index contributed by atoms with van der Waals surface area (Å²) in [5.41, 5.74) is -0.458. The van der Waals surface area contributed by atoms with Crippen LogP contribution in [0.4, 0.5) is 0 Å². The third kappa shape index (κ3) is 7.38. The van der Waals surface area contributed by atoms with Crippen molar-refractivity contribution in [2.45, 2.75) is 40.5 Å². The summed E-state index contributed by atoms with van der Waals surface area (Å²) in [6.07, 6.45) is 4.84. The van der Waals surface area contributed by atoms with Gasteiger partial charge in [-0.3, -0.25) is 4.79 Å². The van der Waals surface area contributed by atoms with Gasteiger partial charge in [0.25, 0.3) is 10.1 Å². The van der Waals surface area contributed by atoms with Crippen LogP contribution >= 0.6 is 10.3 Å². The highest BCUT2D eigenvalue weighted by molar-refractivity contribution is 8.32. The fraction of sp³-hybridized carbons (Fsp3) is 0.917. The predicted molar refractivity (Wildman–Crippen MR) is 78.5 cm³/mol. The first-order chi connectivity index (χ1) is 7.90. The molecule has 0 aromatic carbocycles. The topological polar surface area (TPSA) is 60.4 Å². The Hall–Kier alpha value is -0.0700. The van der Waals surface area contributed by atoms with Crippen LogP contribution in [0.25, 0.3) is 0 Å². The van der Waals surface area contributed by atoms with E-state index in [0.717, 1.165) is 6.42 Å². The molecule has 0 aliphatic heterocycles. The summed E-state index contributed by atoms with van der Waals surface area (Å²) in [4.78, 5) is 11.9. The molecule has 0 spiro atoms. The maximum Gasteiger partial charge on any atom is 0.276 e. The summed E-state index contributed by atoms with van der Waals surface area (Å²) < 4.78 is 28.7. The molecule has 0 aliphatic rings. The summed E-state index contributed by atoms with van der Waals surface area (Å²) in [6, 6.07) is 0. The molecule has 0 radical (unpaired) electrons. The Balaban J connectivity index is 4.62. The molecule has 18 heavy (non-hydrogen) atoms. The van der Waals surface area contributed by atoms with E-state index in [9.17, 15) is 13.2 Å². The maximum atomic E-state index is 11.9. The van der Waals surface area contributed by atoms with Crippen molar-refractivity contribution in [1.29, 1.82) is 0 Å². The normalized spacial score (nSPS) is 14.6. The molecule has 0 rings (SSSR count). The van der Waals surface area contributed by atoms with Crippen molar-refractivity contribution in [3.05, 3.63) is 0 Å². The van der Waals surface area contributed by atoms with Gasteiger partial charge in [-0.2, -0.15) is 8.42 Å². The minimum atomic E-state index is -3.51. The Morgan fingerprint density at radius 1 is 1.17 bits per heavy atom. The largest absolute Gasteiger partial charge is 0.298 e. The molecule has 0 unspecified atom stereocenters. The molecule has 0 N–H and O–H groups in total. The molecule has 0 heterocycles. The third-order valence-corrected chi connectivity index (χ3v) is 6.40. The molecule has 0 saturated carbocycles. The second kappa shape index (κ2) is 6.39. The number of ketones is 1. The first-order valence-corrected chi connectivity index (χ1v) is 10.2. The van der Waals surface area contributed by atoms with Crippen molar-refractivity contribution in [2.24, 2.45) is 5.41 Å². The Morgan fingerprint density at radius 3 is 2.06 bits per heavy atom. The van der Waals surface area contributed by atoms with Gasteiger partial charge >= 0.3 is 0 Å². The molecule has 0 aromatic heterocycles. The van der Waals surface area contributed by atoms with Gasteiger partial charge < -0.3 is 0 Å². The van der Waals surface area contributed by atoms with Crippen LogP contribution in [-0.4, -0.2) is 38.2 Å². The van der Waals surface area contributed by atoms with E-state index in [1.807, 2.05) is 27.7 Å². The van der Waals surface area contributed by atoms with Gasteiger partial charge in [0, 0.05) is 5.41 Å². The van der Waals surface area contributed by atoms with Crippen LogP contribution in [0, 0.1) is 5.41 Å². The molecule has 0 fully saturated rings. The van der Waals surface area contributed by atoms with E-state index < -0.39 is 25.8 Å². The lowest BCUT2D eigenvalue weighted by Gasteiger charge is -2.31. The Bertz CT molecular complexity index is 377. The van der Waals surface area contributed by atoms with Crippen LogP contribution in [0.5, 0.6) is 0 Å². The highest BCUT2D eigenvalue weighted by Gasteiger charge is 2.30. The van der Waals surface area contributed by atoms with Crippen LogP contribution in [-0.2, 0) is 18.5 Å². The van der Waals surface area contributed by atoms with Crippen LogP contribution in [0.3, 0.4) is 0 Å². The van der Waals surface area contributed by atoms with Gasteiger partial charge in [0.05, 0.1) is 11.5 Å². The molecule has 110 valence electrons. The van der Waals surface area contributed by atoms with Crippen molar-refractivity contribution in [2.75, 3.05) is 24.0 Å². The first kappa shape index (κ1) is 17.9. The standard InChI is InChI=1S/C12H26O4S2/c1-7-8-9-18(14,15)16-17(5,6)10-11(13)12(2,3)4/h7-10H2,1-6H3. The number of carbonyl (C=O) groups is 1. The lowest BCUT2D eigenvalue weighted by Crippen LogP contribution is -2.28. The lowest BCUT2D eigenvalue weighted by molar-refractivity contribution is -0.123. The zero-order valence-corrected chi connectivity index (χ0v) is 13.9. The van der Waals surface area contributed by atoms with Gasteiger partial charge in [-0.25, -0.2) is 3.63 Å². The molecule has 0 saturated heterocycles. The monoisotopic (exact) mass is 298 g/mol. The van der Waals surface area contributed by atoms with E-state index in [1.165, 1.54) is 0 Å². The van der Waals surface area contributed by atoms with Gasteiger partial charge in [-0.05, 0) is 18.9 Å². The van der Waals surface area contributed by atoms with Crippen molar-refractivity contribution >= 4 is 26.2 Å². The summed E-state index contributed by atoms with van der Waals surface area (Å²) in [5, 5.41) is 0. The van der Waals surface area contributed by atoms with Crippen molar-refractivity contribution in [3.8, 4) is 0 Å².